The van der Waals surface area contributed by atoms with E-state index in [0.717, 1.165) is 31.4 Å². The van der Waals surface area contributed by atoms with Crippen molar-refractivity contribution in [1.29, 1.82) is 0 Å². The summed E-state index contributed by atoms with van der Waals surface area (Å²) < 4.78 is 2.00. The molecule has 0 aliphatic rings. The van der Waals surface area contributed by atoms with Gasteiger partial charge in [0.1, 0.15) is 12.2 Å². The largest absolute Gasteiger partial charge is 0.310 e. The predicted octanol–water partition coefficient (Wildman–Crippen LogP) is 2.46. The third-order valence-electron chi connectivity index (χ3n) is 2.65. The molecule has 0 unspecified atom stereocenters. The normalized spacial score (nSPS) is 11.6. The first-order chi connectivity index (χ1) is 8.09. The first kappa shape index (κ1) is 14.2. The highest BCUT2D eigenvalue weighted by Crippen LogP contribution is 2.03. The van der Waals surface area contributed by atoms with Crippen LogP contribution >= 0.6 is 0 Å². The molecule has 0 spiro atoms. The molecule has 1 aromatic rings. The zero-order valence-electron chi connectivity index (χ0n) is 11.6. The first-order valence-corrected chi connectivity index (χ1v) is 6.67. The van der Waals surface area contributed by atoms with E-state index in [1.54, 1.807) is 6.33 Å². The van der Waals surface area contributed by atoms with E-state index in [1.807, 2.05) is 4.68 Å². The van der Waals surface area contributed by atoms with Gasteiger partial charge >= 0.3 is 0 Å². The van der Waals surface area contributed by atoms with Gasteiger partial charge in [-0.2, -0.15) is 5.10 Å². The SMILES string of the molecule is CC(C)CCCNCc1ncnn1CC(C)C. The van der Waals surface area contributed by atoms with E-state index in [2.05, 4.69) is 43.1 Å². The number of aromatic nitrogens is 3. The standard InChI is InChI=1S/C13H26N4/c1-11(2)6-5-7-14-8-13-15-10-16-17(13)9-12(3)4/h10-12,14H,5-9H2,1-4H3. The fraction of sp³-hybridized carbons (Fsp3) is 0.846. The summed E-state index contributed by atoms with van der Waals surface area (Å²) in [6, 6.07) is 0. The smallest absolute Gasteiger partial charge is 0.140 e. The highest BCUT2D eigenvalue weighted by Gasteiger charge is 2.05. The van der Waals surface area contributed by atoms with Crippen molar-refractivity contribution >= 4 is 0 Å². The minimum atomic E-state index is 0.608. The average molecular weight is 238 g/mol. The van der Waals surface area contributed by atoms with Crippen molar-refractivity contribution < 1.29 is 0 Å². The Balaban J connectivity index is 2.24. The fourth-order valence-corrected chi connectivity index (χ4v) is 1.76. The van der Waals surface area contributed by atoms with Crippen molar-refractivity contribution in [2.75, 3.05) is 6.54 Å². The van der Waals surface area contributed by atoms with Crippen LogP contribution < -0.4 is 5.32 Å². The third kappa shape index (κ3) is 5.82. The molecule has 0 radical (unpaired) electrons. The molecule has 0 amide bonds. The van der Waals surface area contributed by atoms with Crippen LogP contribution in [-0.2, 0) is 13.1 Å². The number of rotatable bonds is 8. The molecular weight excluding hydrogens is 212 g/mol. The minimum absolute atomic E-state index is 0.608. The van der Waals surface area contributed by atoms with Gasteiger partial charge in [0.2, 0.25) is 0 Å². The lowest BCUT2D eigenvalue weighted by Crippen LogP contribution is -2.20. The summed E-state index contributed by atoms with van der Waals surface area (Å²) in [6.45, 7) is 11.8. The lowest BCUT2D eigenvalue weighted by Gasteiger charge is -2.09. The van der Waals surface area contributed by atoms with Gasteiger partial charge in [0.05, 0.1) is 6.54 Å². The molecular formula is C13H26N4. The maximum Gasteiger partial charge on any atom is 0.140 e. The lowest BCUT2D eigenvalue weighted by atomic mass is 10.1. The van der Waals surface area contributed by atoms with Crippen molar-refractivity contribution in [3.63, 3.8) is 0 Å². The topological polar surface area (TPSA) is 42.7 Å². The second kappa shape index (κ2) is 7.43. The van der Waals surface area contributed by atoms with Gasteiger partial charge in [0, 0.05) is 6.54 Å². The summed E-state index contributed by atoms with van der Waals surface area (Å²) in [5.74, 6) is 2.45. The van der Waals surface area contributed by atoms with Gasteiger partial charge < -0.3 is 5.32 Å². The summed E-state index contributed by atoms with van der Waals surface area (Å²) in [6.07, 6.45) is 4.16. The van der Waals surface area contributed by atoms with E-state index < -0.39 is 0 Å². The number of nitrogens with zero attached hydrogens (tertiary/aromatic N) is 3. The van der Waals surface area contributed by atoms with E-state index in [9.17, 15) is 0 Å². The highest BCUT2D eigenvalue weighted by atomic mass is 15.3. The van der Waals surface area contributed by atoms with Gasteiger partial charge in [-0.3, -0.25) is 0 Å². The van der Waals surface area contributed by atoms with E-state index in [1.165, 1.54) is 12.8 Å². The molecule has 0 saturated heterocycles. The van der Waals surface area contributed by atoms with Gasteiger partial charge in [0.25, 0.3) is 0 Å². The Hall–Kier alpha value is -0.900. The van der Waals surface area contributed by atoms with Crippen LogP contribution in [0.3, 0.4) is 0 Å². The third-order valence-corrected chi connectivity index (χ3v) is 2.65. The Morgan fingerprint density at radius 3 is 2.65 bits per heavy atom. The average Bonchev–Trinajstić information content (AvgIpc) is 2.64. The molecule has 0 aliphatic carbocycles. The molecule has 0 aromatic carbocycles. The molecule has 98 valence electrons. The number of hydrogen-bond donors (Lipinski definition) is 1. The second-order valence-corrected chi connectivity index (χ2v) is 5.47. The maximum atomic E-state index is 4.29. The Labute approximate surface area is 105 Å². The second-order valence-electron chi connectivity index (χ2n) is 5.47. The lowest BCUT2D eigenvalue weighted by molar-refractivity contribution is 0.453. The molecule has 0 atom stereocenters. The van der Waals surface area contributed by atoms with Crippen LogP contribution in [-0.4, -0.2) is 21.3 Å². The van der Waals surface area contributed by atoms with Gasteiger partial charge in [-0.15, -0.1) is 0 Å². The van der Waals surface area contributed by atoms with Gasteiger partial charge in [0.15, 0.2) is 0 Å². The van der Waals surface area contributed by atoms with Gasteiger partial charge in [-0.05, 0) is 31.2 Å². The van der Waals surface area contributed by atoms with Crippen LogP contribution in [0.4, 0.5) is 0 Å². The first-order valence-electron chi connectivity index (χ1n) is 6.67. The molecule has 0 bridgehead atoms. The highest BCUT2D eigenvalue weighted by molar-refractivity contribution is 4.83. The number of hydrogen-bond acceptors (Lipinski definition) is 3. The van der Waals surface area contributed by atoms with Crippen LogP contribution in [0.5, 0.6) is 0 Å². The Kier molecular flexibility index (Phi) is 6.19. The summed E-state index contributed by atoms with van der Waals surface area (Å²) >= 11 is 0. The molecule has 4 heteroatoms. The van der Waals surface area contributed by atoms with Crippen LogP contribution in [0, 0.1) is 11.8 Å². The molecule has 1 rings (SSSR count). The Morgan fingerprint density at radius 2 is 2.00 bits per heavy atom. The minimum Gasteiger partial charge on any atom is -0.310 e. The zero-order chi connectivity index (χ0) is 12.7. The molecule has 0 fully saturated rings. The van der Waals surface area contributed by atoms with Crippen molar-refractivity contribution in [2.45, 2.75) is 53.6 Å². The molecule has 1 heterocycles. The Bertz CT molecular complexity index is 304. The molecule has 1 aromatic heterocycles. The molecule has 17 heavy (non-hydrogen) atoms. The molecule has 1 N–H and O–H groups in total. The van der Waals surface area contributed by atoms with Gasteiger partial charge in [-0.25, -0.2) is 9.67 Å². The zero-order valence-corrected chi connectivity index (χ0v) is 11.6. The monoisotopic (exact) mass is 238 g/mol. The van der Waals surface area contributed by atoms with Crippen LogP contribution in [0.25, 0.3) is 0 Å². The van der Waals surface area contributed by atoms with Crippen molar-refractivity contribution in [1.82, 2.24) is 20.1 Å². The van der Waals surface area contributed by atoms with Crippen molar-refractivity contribution in [3.05, 3.63) is 12.2 Å². The molecule has 0 aliphatic heterocycles. The van der Waals surface area contributed by atoms with E-state index >= 15 is 0 Å². The van der Waals surface area contributed by atoms with E-state index in [4.69, 9.17) is 0 Å². The number of nitrogens with one attached hydrogen (secondary N) is 1. The summed E-state index contributed by atoms with van der Waals surface area (Å²) in [5, 5.41) is 7.68. The summed E-state index contributed by atoms with van der Waals surface area (Å²) in [5.41, 5.74) is 0. The van der Waals surface area contributed by atoms with Crippen molar-refractivity contribution in [2.24, 2.45) is 11.8 Å². The van der Waals surface area contributed by atoms with Gasteiger partial charge in [-0.1, -0.05) is 27.7 Å². The Morgan fingerprint density at radius 1 is 1.24 bits per heavy atom. The van der Waals surface area contributed by atoms with E-state index in [0.29, 0.717) is 5.92 Å². The maximum absolute atomic E-state index is 4.29. The van der Waals surface area contributed by atoms with Crippen molar-refractivity contribution in [3.8, 4) is 0 Å². The summed E-state index contributed by atoms with van der Waals surface area (Å²) in [7, 11) is 0. The van der Waals surface area contributed by atoms with Crippen LogP contribution in [0.1, 0.15) is 46.4 Å². The van der Waals surface area contributed by atoms with Crippen LogP contribution in [0.2, 0.25) is 0 Å². The summed E-state index contributed by atoms with van der Waals surface area (Å²) in [4.78, 5) is 4.29. The molecule has 0 saturated carbocycles. The fourth-order valence-electron chi connectivity index (χ4n) is 1.76. The molecule has 4 nitrogen and oxygen atoms in total. The van der Waals surface area contributed by atoms with E-state index in [-0.39, 0.29) is 0 Å². The predicted molar refractivity (Wildman–Crippen MR) is 70.6 cm³/mol. The quantitative estimate of drug-likeness (QED) is 0.707. The van der Waals surface area contributed by atoms with Crippen LogP contribution in [0.15, 0.2) is 6.33 Å².